The average molecular weight is 421 g/mol. The van der Waals surface area contributed by atoms with Gasteiger partial charge in [-0.25, -0.2) is 4.52 Å². The summed E-state index contributed by atoms with van der Waals surface area (Å²) in [4.78, 5) is 12.2. The van der Waals surface area contributed by atoms with Crippen LogP contribution in [0, 0.1) is 11.3 Å². The summed E-state index contributed by atoms with van der Waals surface area (Å²) < 4.78 is 2.03. The summed E-state index contributed by atoms with van der Waals surface area (Å²) in [6.45, 7) is 4.90. The Labute approximate surface area is 183 Å². The molecule has 0 spiro atoms. The van der Waals surface area contributed by atoms with E-state index in [1.54, 1.807) is 0 Å². The lowest BCUT2D eigenvalue weighted by molar-refractivity contribution is -0.115. The molecular weight excluding hydrogens is 388 g/mol. The van der Waals surface area contributed by atoms with Crippen molar-refractivity contribution in [2.75, 3.05) is 18.5 Å². The van der Waals surface area contributed by atoms with Crippen LogP contribution in [0.25, 0.3) is 11.6 Å². The lowest BCUT2D eigenvalue weighted by Gasteiger charge is -2.27. The lowest BCUT2D eigenvalue weighted by atomic mass is 9.87. The number of pyridine rings is 1. The van der Waals surface area contributed by atoms with Crippen molar-refractivity contribution in [3.8, 4) is 0 Å². The van der Waals surface area contributed by atoms with Gasteiger partial charge in [0.2, 0.25) is 0 Å². The number of hydrogen-bond donors (Lipinski definition) is 3. The van der Waals surface area contributed by atoms with E-state index in [-0.39, 0.29) is 17.9 Å². The van der Waals surface area contributed by atoms with Crippen molar-refractivity contribution in [2.45, 2.75) is 57.8 Å². The summed E-state index contributed by atoms with van der Waals surface area (Å²) >= 11 is 0. The maximum absolute atomic E-state index is 12.2. The van der Waals surface area contributed by atoms with Crippen molar-refractivity contribution in [2.24, 2.45) is 11.3 Å². The van der Waals surface area contributed by atoms with Crippen molar-refractivity contribution >= 4 is 23.2 Å². The summed E-state index contributed by atoms with van der Waals surface area (Å²) in [5.41, 5.74) is 5.69. The molecule has 2 aliphatic carbocycles. The molecule has 31 heavy (non-hydrogen) atoms. The zero-order valence-electron chi connectivity index (χ0n) is 18.1. The van der Waals surface area contributed by atoms with E-state index in [1.807, 2.05) is 16.8 Å². The van der Waals surface area contributed by atoms with E-state index in [9.17, 15) is 9.90 Å². The second kappa shape index (κ2) is 8.15. The van der Waals surface area contributed by atoms with Gasteiger partial charge in [0.05, 0.1) is 18.3 Å². The molecule has 2 aromatic heterocycles. The number of fused-ring (bicyclic) bond motifs is 1. The minimum Gasteiger partial charge on any atom is -0.396 e. The number of aromatic nitrogens is 2. The number of nitrogens with one attached hydrogen (secondary N) is 2. The number of aliphatic hydroxyl groups excluding tert-OH is 1. The van der Waals surface area contributed by atoms with Crippen LogP contribution >= 0.6 is 0 Å². The predicted octanol–water partition coefficient (Wildman–Crippen LogP) is 4.06. The lowest BCUT2D eigenvalue weighted by Crippen LogP contribution is -2.30. The summed E-state index contributed by atoms with van der Waals surface area (Å²) in [5.74, 6) is 0.784. The topological polar surface area (TPSA) is 78.7 Å². The molecule has 5 rings (SSSR count). The average Bonchev–Trinajstić information content (AvgIpc) is 3.17. The Morgan fingerprint density at radius 3 is 2.81 bits per heavy atom. The van der Waals surface area contributed by atoms with E-state index in [1.165, 1.54) is 37.8 Å². The zero-order valence-corrected chi connectivity index (χ0v) is 18.1. The first kappa shape index (κ1) is 20.3. The van der Waals surface area contributed by atoms with E-state index in [0.29, 0.717) is 6.42 Å². The van der Waals surface area contributed by atoms with Crippen molar-refractivity contribution in [1.29, 1.82) is 0 Å². The first-order chi connectivity index (χ1) is 15.0. The Morgan fingerprint density at radius 1 is 1.32 bits per heavy atom. The normalized spacial score (nSPS) is 21.9. The first-order valence-electron chi connectivity index (χ1n) is 11.6. The molecule has 3 heterocycles. The molecule has 0 radical (unpaired) electrons. The number of aryl methyl sites for hydroxylation is 1. The maximum atomic E-state index is 12.2. The van der Waals surface area contributed by atoms with Gasteiger partial charge in [-0.15, -0.1) is 0 Å². The molecule has 3 aliphatic rings. The number of nitrogens with zero attached hydrogens (tertiary/aromatic N) is 2. The number of amides is 1. The third kappa shape index (κ3) is 4.26. The fourth-order valence-corrected chi connectivity index (χ4v) is 5.03. The standard InChI is InChI=1S/C25H32N4O2/c1-17-10-19(24(31)28-17)11-20-14-27-29-22(7-6-18-4-5-18)12-21(13-23(20)29)26-15-25(16-30)8-2-3-9-25/h11-14,18,26,30H,1-10,15-16H2,(H,28,31)/b19-11+. The SMILES string of the molecule is C=C1C/C(=C\c2cnn3c(CCC4CC4)cc(NCC4(CO)CCCC4)cc23)C(=O)N1. The molecule has 2 saturated carbocycles. The third-order valence-electron chi connectivity index (χ3n) is 7.21. The first-order valence-corrected chi connectivity index (χ1v) is 11.6. The fourth-order valence-electron chi connectivity index (χ4n) is 5.03. The molecule has 0 atom stereocenters. The van der Waals surface area contributed by atoms with Gasteiger partial charge in [-0.1, -0.05) is 32.3 Å². The molecule has 0 bridgehead atoms. The van der Waals surface area contributed by atoms with Crippen LogP contribution in [0.5, 0.6) is 0 Å². The number of carbonyl (C=O) groups excluding carboxylic acids is 1. The molecule has 1 saturated heterocycles. The molecule has 6 heteroatoms. The highest BCUT2D eigenvalue weighted by Crippen LogP contribution is 2.38. The number of carbonyl (C=O) groups is 1. The monoisotopic (exact) mass is 420 g/mol. The van der Waals surface area contributed by atoms with E-state index in [4.69, 9.17) is 0 Å². The number of aliphatic hydroxyl groups is 1. The minimum absolute atomic E-state index is 0.00630. The van der Waals surface area contributed by atoms with Gasteiger partial charge in [-0.3, -0.25) is 4.79 Å². The van der Waals surface area contributed by atoms with Gasteiger partial charge in [-0.05, 0) is 49.8 Å². The highest BCUT2D eigenvalue weighted by atomic mass is 16.3. The molecule has 3 N–H and O–H groups in total. The highest BCUT2D eigenvalue weighted by molar-refractivity contribution is 6.02. The number of allylic oxidation sites excluding steroid dienone is 1. The molecule has 1 amide bonds. The van der Waals surface area contributed by atoms with Gasteiger partial charge >= 0.3 is 0 Å². The molecule has 0 unspecified atom stereocenters. The molecule has 164 valence electrons. The van der Waals surface area contributed by atoms with Gasteiger partial charge < -0.3 is 15.7 Å². The number of hydrogen-bond acceptors (Lipinski definition) is 4. The molecule has 3 fully saturated rings. The van der Waals surface area contributed by atoms with Crippen LogP contribution < -0.4 is 10.6 Å². The van der Waals surface area contributed by atoms with Crippen LogP contribution in [-0.2, 0) is 11.2 Å². The Hall–Kier alpha value is -2.60. The van der Waals surface area contributed by atoms with Crippen molar-refractivity contribution in [3.05, 3.63) is 47.4 Å². The van der Waals surface area contributed by atoms with Gasteiger partial charge in [0, 0.05) is 46.6 Å². The van der Waals surface area contributed by atoms with Gasteiger partial charge in [0.15, 0.2) is 0 Å². The predicted molar refractivity (Wildman–Crippen MR) is 123 cm³/mol. The van der Waals surface area contributed by atoms with E-state index < -0.39 is 0 Å². The van der Waals surface area contributed by atoms with Gasteiger partial charge in [-0.2, -0.15) is 5.10 Å². The summed E-state index contributed by atoms with van der Waals surface area (Å²) in [7, 11) is 0. The molecule has 6 nitrogen and oxygen atoms in total. The van der Waals surface area contributed by atoms with Crippen LogP contribution in [0.4, 0.5) is 5.69 Å². The van der Waals surface area contributed by atoms with Crippen molar-refractivity contribution in [1.82, 2.24) is 14.9 Å². The Morgan fingerprint density at radius 2 is 2.13 bits per heavy atom. The quantitative estimate of drug-likeness (QED) is 0.563. The van der Waals surface area contributed by atoms with Crippen LogP contribution in [-0.4, -0.2) is 33.8 Å². The van der Waals surface area contributed by atoms with Crippen molar-refractivity contribution in [3.63, 3.8) is 0 Å². The van der Waals surface area contributed by atoms with Crippen LogP contribution in [0.3, 0.4) is 0 Å². The minimum atomic E-state index is -0.0706. The van der Waals surface area contributed by atoms with E-state index >= 15 is 0 Å². The molecular formula is C25H32N4O2. The zero-order chi connectivity index (χ0) is 21.4. The van der Waals surface area contributed by atoms with Gasteiger partial charge in [0.25, 0.3) is 5.91 Å². The number of rotatable bonds is 8. The van der Waals surface area contributed by atoms with E-state index in [0.717, 1.165) is 59.8 Å². The van der Waals surface area contributed by atoms with Gasteiger partial charge in [0.1, 0.15) is 0 Å². The molecule has 0 aromatic carbocycles. The number of anilines is 1. The van der Waals surface area contributed by atoms with Crippen LogP contribution in [0.15, 0.2) is 36.2 Å². The second-order valence-corrected chi connectivity index (χ2v) is 9.74. The third-order valence-corrected chi connectivity index (χ3v) is 7.21. The van der Waals surface area contributed by atoms with Crippen molar-refractivity contribution < 1.29 is 9.90 Å². The highest BCUT2D eigenvalue weighted by Gasteiger charge is 2.33. The van der Waals surface area contributed by atoms with Crippen LogP contribution in [0.1, 0.15) is 62.6 Å². The Balaban J connectivity index is 1.47. The summed E-state index contributed by atoms with van der Waals surface area (Å²) in [6, 6.07) is 4.34. The van der Waals surface area contributed by atoms with E-state index in [2.05, 4.69) is 34.4 Å². The summed E-state index contributed by atoms with van der Waals surface area (Å²) in [5, 5.41) is 21.1. The molecule has 1 aliphatic heterocycles. The van der Waals surface area contributed by atoms with Crippen LogP contribution in [0.2, 0.25) is 0 Å². The Bertz CT molecular complexity index is 1040. The fraction of sp³-hybridized carbons (Fsp3) is 0.520. The molecule has 2 aromatic rings. The second-order valence-electron chi connectivity index (χ2n) is 9.74. The maximum Gasteiger partial charge on any atom is 0.251 e. The smallest absolute Gasteiger partial charge is 0.251 e. The summed E-state index contributed by atoms with van der Waals surface area (Å²) in [6.07, 6.45) is 13.8. The Kier molecular flexibility index (Phi) is 5.34. The largest absolute Gasteiger partial charge is 0.396 e.